The Kier molecular flexibility index (Phi) is 7.64. The van der Waals surface area contributed by atoms with Crippen LogP contribution in [0, 0.1) is 0 Å². The van der Waals surface area contributed by atoms with Crippen LogP contribution in [0.5, 0.6) is 5.75 Å². The van der Waals surface area contributed by atoms with E-state index in [2.05, 4.69) is 22.4 Å². The van der Waals surface area contributed by atoms with Crippen LogP contribution in [-0.4, -0.2) is 26.4 Å². The Bertz CT molecular complexity index is 1020. The predicted octanol–water partition coefficient (Wildman–Crippen LogP) is 5.56. The topological polar surface area (TPSA) is 69.0 Å². The van der Waals surface area contributed by atoms with E-state index in [0.29, 0.717) is 26.7 Å². The molecule has 158 valence electrons. The van der Waals surface area contributed by atoms with Crippen LogP contribution in [0.25, 0.3) is 0 Å². The lowest BCUT2D eigenvalue weighted by Crippen LogP contribution is -2.15. The number of aromatic nitrogens is 3. The van der Waals surface area contributed by atoms with Crippen molar-refractivity contribution in [1.82, 2.24) is 14.8 Å². The smallest absolute Gasteiger partial charge is 0.234 e. The van der Waals surface area contributed by atoms with Gasteiger partial charge in [-0.2, -0.15) is 0 Å². The van der Waals surface area contributed by atoms with Crippen LogP contribution in [0.1, 0.15) is 31.3 Å². The molecule has 3 rings (SSSR count). The van der Waals surface area contributed by atoms with Gasteiger partial charge in [-0.1, -0.05) is 54.0 Å². The zero-order valence-electron chi connectivity index (χ0n) is 16.9. The van der Waals surface area contributed by atoms with Gasteiger partial charge < -0.3 is 14.6 Å². The van der Waals surface area contributed by atoms with E-state index in [9.17, 15) is 4.79 Å². The van der Waals surface area contributed by atoms with Crippen LogP contribution in [0.4, 0.5) is 5.69 Å². The van der Waals surface area contributed by atoms with E-state index in [1.54, 1.807) is 18.2 Å². The van der Waals surface area contributed by atoms with E-state index in [-0.39, 0.29) is 17.8 Å². The Balaban J connectivity index is 1.58. The minimum absolute atomic E-state index is 0.165. The van der Waals surface area contributed by atoms with Crippen LogP contribution >= 0.6 is 35.0 Å². The van der Waals surface area contributed by atoms with E-state index in [1.165, 1.54) is 17.3 Å². The van der Waals surface area contributed by atoms with Crippen LogP contribution in [-0.2, 0) is 18.3 Å². The van der Waals surface area contributed by atoms with Crippen molar-refractivity contribution in [1.29, 1.82) is 0 Å². The van der Waals surface area contributed by atoms with Gasteiger partial charge in [-0.25, -0.2) is 0 Å². The summed E-state index contributed by atoms with van der Waals surface area (Å²) >= 11 is 13.3. The highest BCUT2D eigenvalue weighted by Crippen LogP contribution is 2.27. The zero-order valence-corrected chi connectivity index (χ0v) is 19.2. The van der Waals surface area contributed by atoms with Gasteiger partial charge in [0, 0.05) is 12.1 Å². The molecule has 9 heteroatoms. The molecule has 0 fully saturated rings. The molecule has 2 aromatic carbocycles. The number of amides is 1. The molecule has 1 unspecified atom stereocenters. The van der Waals surface area contributed by atoms with Crippen molar-refractivity contribution in [2.45, 2.75) is 31.5 Å². The lowest BCUT2D eigenvalue weighted by molar-refractivity contribution is -0.113. The van der Waals surface area contributed by atoms with Gasteiger partial charge in [0.2, 0.25) is 5.91 Å². The molecule has 1 aromatic heterocycles. The minimum Gasteiger partial charge on any atom is -0.483 e. The summed E-state index contributed by atoms with van der Waals surface area (Å²) in [5, 5.41) is 12.7. The van der Waals surface area contributed by atoms with Crippen molar-refractivity contribution in [3.05, 3.63) is 63.9 Å². The SMILES string of the molecule is CCc1ccc(OC(C)c2nnc(SCC(=O)Nc3ccc(Cl)cc3Cl)n2C)cc1. The molecule has 1 amide bonds. The fourth-order valence-electron chi connectivity index (χ4n) is 2.77. The first-order valence-electron chi connectivity index (χ1n) is 9.40. The molecule has 0 bridgehead atoms. The summed E-state index contributed by atoms with van der Waals surface area (Å²) in [5.74, 6) is 1.42. The van der Waals surface area contributed by atoms with Gasteiger partial charge in [0.15, 0.2) is 17.1 Å². The summed E-state index contributed by atoms with van der Waals surface area (Å²) in [6, 6.07) is 12.9. The highest BCUT2D eigenvalue weighted by atomic mass is 35.5. The summed E-state index contributed by atoms with van der Waals surface area (Å²) in [4.78, 5) is 12.3. The Labute approximate surface area is 189 Å². The number of halogens is 2. The zero-order chi connectivity index (χ0) is 21.7. The minimum atomic E-state index is -0.286. The van der Waals surface area contributed by atoms with Crippen molar-refractivity contribution < 1.29 is 9.53 Å². The van der Waals surface area contributed by atoms with Gasteiger partial charge in [-0.05, 0) is 49.2 Å². The monoisotopic (exact) mass is 464 g/mol. The number of ether oxygens (including phenoxy) is 1. The maximum Gasteiger partial charge on any atom is 0.234 e. The Morgan fingerprint density at radius 3 is 2.60 bits per heavy atom. The largest absolute Gasteiger partial charge is 0.483 e. The second-order valence-corrected chi connectivity index (χ2v) is 8.40. The van der Waals surface area contributed by atoms with Gasteiger partial charge in [-0.3, -0.25) is 4.79 Å². The number of benzene rings is 2. The molecule has 3 aromatic rings. The number of hydrogen-bond donors (Lipinski definition) is 1. The van der Waals surface area contributed by atoms with Gasteiger partial charge in [0.25, 0.3) is 0 Å². The molecule has 1 N–H and O–H groups in total. The average Bonchev–Trinajstić information content (AvgIpc) is 3.09. The van der Waals surface area contributed by atoms with Crippen molar-refractivity contribution >= 4 is 46.6 Å². The second kappa shape index (κ2) is 10.2. The Morgan fingerprint density at radius 1 is 1.20 bits per heavy atom. The van der Waals surface area contributed by atoms with Crippen molar-refractivity contribution in [3.8, 4) is 5.75 Å². The van der Waals surface area contributed by atoms with Crippen LogP contribution < -0.4 is 10.1 Å². The molecular weight excluding hydrogens is 443 g/mol. The summed E-state index contributed by atoms with van der Waals surface area (Å²) < 4.78 is 7.82. The molecule has 1 heterocycles. The molecule has 1 atom stereocenters. The lowest BCUT2D eigenvalue weighted by atomic mass is 10.2. The first kappa shape index (κ1) is 22.5. The van der Waals surface area contributed by atoms with E-state index < -0.39 is 0 Å². The number of thioether (sulfide) groups is 1. The maximum atomic E-state index is 12.3. The molecule has 0 spiro atoms. The predicted molar refractivity (Wildman–Crippen MR) is 122 cm³/mol. The van der Waals surface area contributed by atoms with Gasteiger partial charge in [0.1, 0.15) is 5.75 Å². The Hall–Kier alpha value is -2.22. The molecule has 0 saturated heterocycles. The first-order valence-corrected chi connectivity index (χ1v) is 11.1. The fraction of sp³-hybridized carbons (Fsp3) is 0.286. The lowest BCUT2D eigenvalue weighted by Gasteiger charge is -2.14. The number of nitrogens with one attached hydrogen (secondary N) is 1. The first-order chi connectivity index (χ1) is 14.4. The second-order valence-electron chi connectivity index (χ2n) is 6.62. The summed E-state index contributed by atoms with van der Waals surface area (Å²) in [6.45, 7) is 4.03. The fourth-order valence-corrected chi connectivity index (χ4v) is 3.95. The third kappa shape index (κ3) is 5.68. The number of nitrogens with zero attached hydrogens (tertiary/aromatic N) is 3. The van der Waals surface area contributed by atoms with E-state index in [0.717, 1.165) is 12.2 Å². The third-order valence-electron chi connectivity index (χ3n) is 4.41. The molecule has 0 aliphatic carbocycles. The molecule has 0 saturated carbocycles. The van der Waals surface area contributed by atoms with Crippen LogP contribution in [0.2, 0.25) is 10.0 Å². The number of anilines is 1. The molecule has 0 radical (unpaired) electrons. The normalized spacial score (nSPS) is 11.9. The average molecular weight is 465 g/mol. The Morgan fingerprint density at radius 2 is 1.93 bits per heavy atom. The summed E-state index contributed by atoms with van der Waals surface area (Å²) in [7, 11) is 1.85. The van der Waals surface area contributed by atoms with E-state index >= 15 is 0 Å². The molecular formula is C21H22Cl2N4O2S. The van der Waals surface area contributed by atoms with E-state index in [1.807, 2.05) is 42.8 Å². The van der Waals surface area contributed by atoms with Gasteiger partial charge in [-0.15, -0.1) is 10.2 Å². The third-order valence-corrected chi connectivity index (χ3v) is 5.98. The quantitative estimate of drug-likeness (QED) is 0.442. The highest BCUT2D eigenvalue weighted by Gasteiger charge is 2.18. The highest BCUT2D eigenvalue weighted by molar-refractivity contribution is 7.99. The van der Waals surface area contributed by atoms with E-state index in [4.69, 9.17) is 27.9 Å². The number of aryl methyl sites for hydroxylation is 1. The standard InChI is InChI=1S/C21H22Cl2N4O2S/c1-4-14-5-8-16(9-6-14)29-13(2)20-25-26-21(27(20)3)30-12-19(28)24-18-10-7-15(22)11-17(18)23/h5-11,13H,4,12H2,1-3H3,(H,24,28). The molecule has 6 nitrogen and oxygen atoms in total. The van der Waals surface area contributed by atoms with Crippen LogP contribution in [0.3, 0.4) is 0 Å². The van der Waals surface area contributed by atoms with Crippen LogP contribution in [0.15, 0.2) is 47.6 Å². The van der Waals surface area contributed by atoms with Crippen molar-refractivity contribution in [2.24, 2.45) is 7.05 Å². The maximum absolute atomic E-state index is 12.3. The van der Waals surface area contributed by atoms with Gasteiger partial charge >= 0.3 is 0 Å². The van der Waals surface area contributed by atoms with Crippen molar-refractivity contribution in [3.63, 3.8) is 0 Å². The number of rotatable bonds is 8. The van der Waals surface area contributed by atoms with Crippen molar-refractivity contribution in [2.75, 3.05) is 11.1 Å². The number of carbonyl (C=O) groups is 1. The molecule has 0 aliphatic heterocycles. The van der Waals surface area contributed by atoms with Gasteiger partial charge in [0.05, 0.1) is 16.5 Å². The molecule has 0 aliphatic rings. The summed E-state index contributed by atoms with van der Waals surface area (Å²) in [5.41, 5.74) is 1.77. The number of carbonyl (C=O) groups excluding carboxylic acids is 1. The summed E-state index contributed by atoms with van der Waals surface area (Å²) in [6.07, 6.45) is 0.698. The number of hydrogen-bond acceptors (Lipinski definition) is 5. The molecule has 30 heavy (non-hydrogen) atoms.